The van der Waals surface area contributed by atoms with E-state index in [-0.39, 0.29) is 31.5 Å². The van der Waals surface area contributed by atoms with E-state index in [1.165, 1.54) is 96.0 Å². The highest BCUT2D eigenvalue weighted by Gasteiger charge is 2.46. The number of aliphatic hydroxyl groups excluding tert-OH is 3. The molecule has 1 fully saturated rings. The molecule has 19 nitrogen and oxygen atoms in total. The lowest BCUT2D eigenvalue weighted by Gasteiger charge is -2.21. The smallest absolute Gasteiger partial charge is 0.462 e. The summed E-state index contributed by atoms with van der Waals surface area (Å²) < 4.78 is 56.7. The molecule has 0 spiro atoms. The zero-order valence-corrected chi connectivity index (χ0v) is 46.2. The second-order valence-electron chi connectivity index (χ2n) is 19.4. The first-order chi connectivity index (χ1) is 35.4. The average molecular weight is 1090 g/mol. The van der Waals surface area contributed by atoms with Gasteiger partial charge in [-0.15, -0.1) is 0 Å². The summed E-state index contributed by atoms with van der Waals surface area (Å²) in [6.45, 7) is 4.28. The lowest BCUT2D eigenvalue weighted by atomic mass is 10.0. The van der Waals surface area contributed by atoms with Gasteiger partial charge in [0.25, 0.3) is 0 Å². The van der Waals surface area contributed by atoms with Crippen LogP contribution in [0.15, 0.2) is 65.7 Å². The van der Waals surface area contributed by atoms with Crippen LogP contribution in [0, 0.1) is 5.92 Å². The third-order valence-electron chi connectivity index (χ3n) is 12.2. The molecule has 2 heterocycles. The first-order valence-corrected chi connectivity index (χ1v) is 30.1. The quantitative estimate of drug-likeness (QED) is 0.0116. The van der Waals surface area contributed by atoms with Crippen molar-refractivity contribution in [3.8, 4) is 0 Å². The van der Waals surface area contributed by atoms with Crippen molar-refractivity contribution < 1.29 is 71.4 Å². The number of allylic oxidation sites excluding steroid dienone is 7. The van der Waals surface area contributed by atoms with Crippen molar-refractivity contribution in [2.24, 2.45) is 5.92 Å². The molecule has 424 valence electrons. The molecule has 2 rings (SSSR count). The minimum atomic E-state index is -5.46. The van der Waals surface area contributed by atoms with E-state index in [4.69, 9.17) is 29.0 Å². The van der Waals surface area contributed by atoms with Crippen LogP contribution in [-0.4, -0.2) is 96.9 Å². The average Bonchev–Trinajstić information content (AvgIpc) is 3.62. The van der Waals surface area contributed by atoms with Crippen molar-refractivity contribution in [1.82, 2.24) is 9.55 Å². The number of phosphoric acid groups is 2. The number of carbonyl (C=O) groups excluding carboxylic acids is 2. The summed E-state index contributed by atoms with van der Waals surface area (Å²) in [5, 5.41) is 31.3. The molecule has 0 aromatic carbocycles. The number of aromatic nitrogens is 2. The zero-order chi connectivity index (χ0) is 54.5. The van der Waals surface area contributed by atoms with E-state index >= 15 is 0 Å². The maximum Gasteiger partial charge on any atom is 0.481 e. The molecular weight excluding hydrogens is 997 g/mol. The molecule has 74 heavy (non-hydrogen) atoms. The Balaban J connectivity index is 1.83. The fraction of sp³-hybridized carbons (Fsp3) is 0.736. The fourth-order valence-corrected chi connectivity index (χ4v) is 10.1. The van der Waals surface area contributed by atoms with Gasteiger partial charge in [-0.3, -0.25) is 23.2 Å². The van der Waals surface area contributed by atoms with E-state index in [0.29, 0.717) is 6.42 Å². The van der Waals surface area contributed by atoms with Crippen molar-refractivity contribution >= 4 is 33.4 Å². The van der Waals surface area contributed by atoms with Gasteiger partial charge in [0.2, 0.25) is 0 Å². The number of nitrogens with two attached hydrogens (primary N) is 1. The highest BCUT2D eigenvalue weighted by Crippen LogP contribution is 2.60. The molecule has 1 aromatic heterocycles. The number of phosphoric ester groups is 2. The van der Waals surface area contributed by atoms with Gasteiger partial charge < -0.3 is 45.1 Å². The Bertz CT molecular complexity index is 1960. The molecule has 1 saturated heterocycles. The number of nitrogens with zero attached hydrogens (tertiary/aromatic N) is 2. The standard InChI is InChI=1S/C53H91N3O16P2/c1-4-5-6-7-8-9-10-14-18-21-24-27-30-34-44(57)35-32-37-48(58)67-40-45(70-49(59)36-31-28-25-22-19-16-13-11-12-15-17-20-23-26-29-33-43(2)3)41-68-73(63,64)72-74(65,66)69-42-46-50(60)51(61)52(71-46)56-39-38-47(54)55-53(56)62/h8-9,14,18,24,27,30,34,38-39,43-46,50-52,57,60-61H,4-7,10-13,15-17,19-23,25-26,28-29,31-33,35-37,40-42H2,1-3H3,(H,63,64)(H,65,66)(H2,54,55,62)/b9-8-,18-14-,27-24-,34-30+/t44-,45-,46-,50-,51-,52-/m1/s1. The number of nitrogen functional groups attached to an aromatic ring is 1. The van der Waals surface area contributed by atoms with Crippen LogP contribution in [0.25, 0.3) is 0 Å². The number of carbonyl (C=O) groups is 2. The van der Waals surface area contributed by atoms with Gasteiger partial charge in [-0.25, -0.2) is 13.9 Å². The number of hydrogen-bond donors (Lipinski definition) is 6. The van der Waals surface area contributed by atoms with Crippen LogP contribution in [0.3, 0.4) is 0 Å². The van der Waals surface area contributed by atoms with E-state index in [1.54, 1.807) is 12.2 Å². The van der Waals surface area contributed by atoms with Gasteiger partial charge in [0.05, 0.1) is 19.3 Å². The monoisotopic (exact) mass is 1090 g/mol. The predicted octanol–water partition coefficient (Wildman–Crippen LogP) is 10.6. The number of hydrogen-bond acceptors (Lipinski definition) is 16. The Morgan fingerprint density at radius 3 is 1.95 bits per heavy atom. The number of ether oxygens (including phenoxy) is 3. The topological polar surface area (TPSA) is 286 Å². The number of aliphatic hydroxyl groups is 3. The van der Waals surface area contributed by atoms with E-state index in [2.05, 4.69) is 54.4 Å². The molecule has 21 heteroatoms. The van der Waals surface area contributed by atoms with Crippen LogP contribution in [-0.2, 0) is 46.3 Å². The Morgan fingerprint density at radius 2 is 1.32 bits per heavy atom. The SMILES string of the molecule is CCCCC/C=C\C/C=C\C/C=C\C=C\[C@@H](O)CCCC(=O)OC[C@H](COP(=O)(O)OP(=O)(O)OC[C@H]1O[C@@H](n2ccc(N)nc2=O)[C@H](O)[C@@H]1O)OC(=O)CCCCCCCCCCCCCCCCCC(C)C. The van der Waals surface area contributed by atoms with Crippen LogP contribution < -0.4 is 11.4 Å². The van der Waals surface area contributed by atoms with E-state index in [1.807, 2.05) is 12.2 Å². The van der Waals surface area contributed by atoms with Crippen molar-refractivity contribution in [3.63, 3.8) is 0 Å². The molecule has 0 bridgehead atoms. The molecule has 0 amide bonds. The van der Waals surface area contributed by atoms with Crippen LogP contribution in [0.4, 0.5) is 5.82 Å². The Morgan fingerprint density at radius 1 is 0.743 bits per heavy atom. The Kier molecular flexibility index (Phi) is 36.1. The molecule has 0 saturated carbocycles. The van der Waals surface area contributed by atoms with Gasteiger partial charge >= 0.3 is 33.3 Å². The fourth-order valence-electron chi connectivity index (χ4n) is 7.95. The molecule has 8 atom stereocenters. The highest BCUT2D eigenvalue weighted by atomic mass is 31.3. The normalized spacial score (nSPS) is 19.7. The molecule has 7 N–H and O–H groups in total. The summed E-state index contributed by atoms with van der Waals surface area (Å²) in [7, 11) is -10.9. The highest BCUT2D eigenvalue weighted by molar-refractivity contribution is 7.61. The largest absolute Gasteiger partial charge is 0.481 e. The van der Waals surface area contributed by atoms with Gasteiger partial charge in [-0.05, 0) is 56.9 Å². The van der Waals surface area contributed by atoms with E-state index < -0.39 is 89.8 Å². The van der Waals surface area contributed by atoms with Crippen LogP contribution in [0.2, 0.25) is 0 Å². The third-order valence-corrected chi connectivity index (χ3v) is 14.8. The summed E-state index contributed by atoms with van der Waals surface area (Å²) in [5.41, 5.74) is 4.58. The lowest BCUT2D eigenvalue weighted by Crippen LogP contribution is -2.36. The van der Waals surface area contributed by atoms with E-state index in [0.717, 1.165) is 61.6 Å². The summed E-state index contributed by atoms with van der Waals surface area (Å²) in [6.07, 6.45) is 33.6. The van der Waals surface area contributed by atoms with Crippen molar-refractivity contribution in [2.75, 3.05) is 25.6 Å². The third kappa shape index (κ3) is 33.0. The summed E-state index contributed by atoms with van der Waals surface area (Å²) in [4.78, 5) is 62.0. The molecule has 2 unspecified atom stereocenters. The summed E-state index contributed by atoms with van der Waals surface area (Å²) in [5.74, 6) is -0.709. The summed E-state index contributed by atoms with van der Waals surface area (Å²) >= 11 is 0. The second kappa shape index (κ2) is 40.0. The van der Waals surface area contributed by atoms with Gasteiger partial charge in [-0.2, -0.15) is 9.29 Å². The van der Waals surface area contributed by atoms with E-state index in [9.17, 15) is 48.6 Å². The molecule has 0 aliphatic carbocycles. The van der Waals surface area contributed by atoms with Crippen molar-refractivity contribution in [1.29, 1.82) is 0 Å². The number of anilines is 1. The first kappa shape index (κ1) is 66.8. The number of esters is 2. The van der Waals surface area contributed by atoms with Crippen molar-refractivity contribution in [2.45, 2.75) is 224 Å². The first-order valence-electron chi connectivity index (χ1n) is 27.1. The van der Waals surface area contributed by atoms with Crippen LogP contribution >= 0.6 is 15.6 Å². The number of rotatable bonds is 44. The maximum absolute atomic E-state index is 12.9. The van der Waals surface area contributed by atoms with Gasteiger partial charge in [-0.1, -0.05) is 179 Å². The Labute approximate surface area is 440 Å². The number of unbranched alkanes of at least 4 members (excludes halogenated alkanes) is 17. The molecule has 1 aliphatic heterocycles. The Hall–Kier alpha value is -3.32. The second-order valence-corrected chi connectivity index (χ2v) is 22.5. The molecular formula is C53H91N3O16P2. The lowest BCUT2D eigenvalue weighted by molar-refractivity contribution is -0.161. The van der Waals surface area contributed by atoms with Gasteiger partial charge in [0.15, 0.2) is 12.3 Å². The minimum Gasteiger partial charge on any atom is -0.462 e. The van der Waals surface area contributed by atoms with Gasteiger partial charge in [0, 0.05) is 19.0 Å². The minimum absolute atomic E-state index is 0.0113. The maximum atomic E-state index is 12.9. The molecule has 1 aromatic rings. The van der Waals surface area contributed by atoms with Gasteiger partial charge in [0.1, 0.15) is 30.7 Å². The predicted molar refractivity (Wildman–Crippen MR) is 285 cm³/mol. The molecule has 1 aliphatic rings. The van der Waals surface area contributed by atoms with Crippen LogP contribution in [0.1, 0.15) is 194 Å². The summed E-state index contributed by atoms with van der Waals surface area (Å²) in [6, 6.07) is 1.24. The zero-order valence-electron chi connectivity index (χ0n) is 44.4. The molecule has 0 radical (unpaired) electrons. The van der Waals surface area contributed by atoms with Crippen LogP contribution in [0.5, 0.6) is 0 Å². The van der Waals surface area contributed by atoms with Crippen molar-refractivity contribution in [3.05, 3.63) is 71.4 Å².